The molecule has 0 saturated heterocycles. The largest absolute Gasteiger partial charge is 0.477 e. The van der Waals surface area contributed by atoms with Crippen LogP contribution in [0.4, 0.5) is 5.82 Å². The minimum atomic E-state index is -0.938. The van der Waals surface area contributed by atoms with Gasteiger partial charge in [0.05, 0.1) is 18.3 Å². The number of aromatic carboxylic acids is 1. The van der Waals surface area contributed by atoms with Crippen molar-refractivity contribution in [3.63, 3.8) is 0 Å². The molecule has 1 atom stereocenters. The molecule has 0 bridgehead atoms. The Morgan fingerprint density at radius 3 is 2.80 bits per heavy atom. The molecule has 0 amide bonds. The van der Waals surface area contributed by atoms with Gasteiger partial charge < -0.3 is 10.4 Å². The highest BCUT2D eigenvalue weighted by atomic mass is 35.5. The zero-order valence-electron chi connectivity index (χ0n) is 10.9. The summed E-state index contributed by atoms with van der Waals surface area (Å²) in [7, 11) is 0. The average Bonchev–Trinajstić information content (AvgIpc) is 2.95. The number of carbonyl (C=O) groups is 1. The number of rotatable bonds is 3. The van der Waals surface area contributed by atoms with E-state index in [1.165, 1.54) is 0 Å². The lowest BCUT2D eigenvalue weighted by atomic mass is 10.1. The van der Waals surface area contributed by atoms with Crippen LogP contribution in [0.5, 0.6) is 0 Å². The van der Waals surface area contributed by atoms with Gasteiger partial charge in [-0.1, -0.05) is 30.7 Å². The summed E-state index contributed by atoms with van der Waals surface area (Å²) < 4.78 is 1.74. The van der Waals surface area contributed by atoms with Crippen LogP contribution in [0.1, 0.15) is 34.6 Å². The lowest BCUT2D eigenvalue weighted by Crippen LogP contribution is -2.10. The van der Waals surface area contributed by atoms with E-state index in [4.69, 9.17) is 11.6 Å². The Kier molecular flexibility index (Phi) is 3.14. The van der Waals surface area contributed by atoms with E-state index in [0.717, 1.165) is 5.56 Å². The van der Waals surface area contributed by atoms with Gasteiger partial charge in [-0.3, -0.25) is 0 Å². The van der Waals surface area contributed by atoms with Crippen LogP contribution in [0.2, 0.25) is 5.02 Å². The van der Waals surface area contributed by atoms with E-state index >= 15 is 0 Å². The Morgan fingerprint density at radius 2 is 2.20 bits per heavy atom. The molecule has 0 spiro atoms. The minimum Gasteiger partial charge on any atom is -0.477 e. The Labute approximate surface area is 121 Å². The Bertz CT molecular complexity index is 664. The zero-order chi connectivity index (χ0) is 14.3. The highest BCUT2D eigenvalue weighted by Crippen LogP contribution is 2.33. The van der Waals surface area contributed by atoms with Crippen LogP contribution in [0.15, 0.2) is 24.3 Å². The van der Waals surface area contributed by atoms with E-state index in [-0.39, 0.29) is 11.6 Å². The molecular weight excluding hydrogens is 278 g/mol. The van der Waals surface area contributed by atoms with E-state index in [1.54, 1.807) is 4.68 Å². The summed E-state index contributed by atoms with van der Waals surface area (Å²) in [5, 5.41) is 17.6. The minimum absolute atomic E-state index is 0.0266. The molecule has 1 aromatic heterocycles. The van der Waals surface area contributed by atoms with Crippen LogP contribution in [-0.2, 0) is 13.0 Å². The van der Waals surface area contributed by atoms with Crippen molar-refractivity contribution in [3.8, 4) is 0 Å². The SMILES string of the molecule is CCc1nn2c(c1C(=O)O)N[C@@H](c1ccc(Cl)cc1)C2. The molecule has 1 aliphatic heterocycles. The molecule has 2 heterocycles. The van der Waals surface area contributed by atoms with Gasteiger partial charge in [-0.25, -0.2) is 9.48 Å². The quantitative estimate of drug-likeness (QED) is 0.912. The van der Waals surface area contributed by atoms with Gasteiger partial charge in [-0.05, 0) is 24.1 Å². The molecule has 1 aromatic carbocycles. The van der Waals surface area contributed by atoms with Crippen LogP contribution >= 0.6 is 11.6 Å². The van der Waals surface area contributed by atoms with Gasteiger partial charge in [0.2, 0.25) is 0 Å². The van der Waals surface area contributed by atoms with Crippen molar-refractivity contribution in [1.82, 2.24) is 9.78 Å². The average molecular weight is 292 g/mol. The first-order valence-corrected chi connectivity index (χ1v) is 6.83. The molecule has 2 N–H and O–H groups in total. The van der Waals surface area contributed by atoms with Crippen LogP contribution in [0.3, 0.4) is 0 Å². The summed E-state index contributed by atoms with van der Waals surface area (Å²) >= 11 is 5.88. The maximum Gasteiger partial charge on any atom is 0.341 e. The maximum absolute atomic E-state index is 11.4. The molecule has 0 saturated carbocycles. The lowest BCUT2D eigenvalue weighted by Gasteiger charge is -2.11. The van der Waals surface area contributed by atoms with E-state index in [1.807, 2.05) is 31.2 Å². The Morgan fingerprint density at radius 1 is 1.50 bits per heavy atom. The number of aryl methyl sites for hydroxylation is 1. The first kappa shape index (κ1) is 13.0. The van der Waals surface area contributed by atoms with Crippen LogP contribution in [0, 0.1) is 0 Å². The molecule has 104 valence electrons. The Hall–Kier alpha value is -2.01. The second-order valence-corrected chi connectivity index (χ2v) is 5.20. The molecule has 0 fully saturated rings. The predicted molar refractivity (Wildman–Crippen MR) is 76.4 cm³/mol. The predicted octanol–water partition coefficient (Wildman–Crippen LogP) is 2.96. The standard InChI is InChI=1S/C14H14ClN3O2/c1-2-10-12(14(19)20)13-16-11(7-18(13)17-10)8-3-5-9(15)6-4-8/h3-6,11,16H,2,7H2,1H3,(H,19,20)/t11-/m1/s1. The number of aromatic nitrogens is 2. The third kappa shape index (κ3) is 2.04. The number of nitrogens with one attached hydrogen (secondary N) is 1. The van der Waals surface area contributed by atoms with Crippen LogP contribution < -0.4 is 5.32 Å². The van der Waals surface area contributed by atoms with E-state index < -0.39 is 5.97 Å². The summed E-state index contributed by atoms with van der Waals surface area (Å²) in [6.07, 6.45) is 0.606. The third-order valence-corrected chi connectivity index (χ3v) is 3.76. The summed E-state index contributed by atoms with van der Waals surface area (Å²) in [5.74, 6) is -0.346. The van der Waals surface area contributed by atoms with E-state index in [9.17, 15) is 9.90 Å². The molecule has 2 aromatic rings. The number of benzene rings is 1. The van der Waals surface area contributed by atoms with Gasteiger partial charge in [-0.15, -0.1) is 0 Å². The highest BCUT2D eigenvalue weighted by molar-refractivity contribution is 6.30. The fourth-order valence-electron chi connectivity index (χ4n) is 2.53. The number of carboxylic acid groups (broad SMARTS) is 1. The number of hydrogen-bond donors (Lipinski definition) is 2. The number of hydrogen-bond acceptors (Lipinski definition) is 3. The van der Waals surface area contributed by atoms with Gasteiger partial charge in [0.1, 0.15) is 11.4 Å². The number of anilines is 1. The van der Waals surface area contributed by atoms with Crippen molar-refractivity contribution in [3.05, 3.63) is 46.1 Å². The summed E-state index contributed by atoms with van der Waals surface area (Å²) in [6.45, 7) is 2.53. The number of carboxylic acids is 1. The fraction of sp³-hybridized carbons (Fsp3) is 0.286. The normalized spacial score (nSPS) is 16.8. The maximum atomic E-state index is 11.4. The van der Waals surface area contributed by atoms with Crippen molar-refractivity contribution in [2.75, 3.05) is 5.32 Å². The fourth-order valence-corrected chi connectivity index (χ4v) is 2.66. The number of halogens is 1. The molecule has 0 aliphatic carbocycles. The van der Waals surface area contributed by atoms with Crippen LogP contribution in [-0.4, -0.2) is 20.9 Å². The smallest absolute Gasteiger partial charge is 0.341 e. The van der Waals surface area contributed by atoms with Crippen molar-refractivity contribution in [2.24, 2.45) is 0 Å². The monoisotopic (exact) mass is 291 g/mol. The zero-order valence-corrected chi connectivity index (χ0v) is 11.7. The van der Waals surface area contributed by atoms with Crippen molar-refractivity contribution >= 4 is 23.4 Å². The lowest BCUT2D eigenvalue weighted by molar-refractivity contribution is 0.0697. The number of fused-ring (bicyclic) bond motifs is 1. The third-order valence-electron chi connectivity index (χ3n) is 3.51. The molecule has 3 rings (SSSR count). The van der Waals surface area contributed by atoms with Crippen molar-refractivity contribution < 1.29 is 9.90 Å². The number of nitrogens with zero attached hydrogens (tertiary/aromatic N) is 2. The first-order chi connectivity index (χ1) is 9.60. The molecule has 20 heavy (non-hydrogen) atoms. The molecule has 0 radical (unpaired) electrons. The summed E-state index contributed by atoms with van der Waals surface area (Å²) in [6, 6.07) is 7.56. The highest BCUT2D eigenvalue weighted by Gasteiger charge is 2.30. The van der Waals surface area contributed by atoms with Crippen molar-refractivity contribution in [2.45, 2.75) is 25.9 Å². The molecular formula is C14H14ClN3O2. The molecule has 5 nitrogen and oxygen atoms in total. The summed E-state index contributed by atoms with van der Waals surface area (Å²) in [4.78, 5) is 11.4. The molecule has 0 unspecified atom stereocenters. The van der Waals surface area contributed by atoms with Crippen LogP contribution in [0.25, 0.3) is 0 Å². The Balaban J connectivity index is 1.93. The van der Waals surface area contributed by atoms with Gasteiger partial charge in [-0.2, -0.15) is 5.10 Å². The van der Waals surface area contributed by atoms with E-state index in [2.05, 4.69) is 10.4 Å². The van der Waals surface area contributed by atoms with Gasteiger partial charge in [0.15, 0.2) is 0 Å². The van der Waals surface area contributed by atoms with Gasteiger partial charge >= 0.3 is 5.97 Å². The van der Waals surface area contributed by atoms with Gasteiger partial charge in [0.25, 0.3) is 0 Å². The van der Waals surface area contributed by atoms with E-state index in [0.29, 0.717) is 29.5 Å². The first-order valence-electron chi connectivity index (χ1n) is 6.45. The molecule has 1 aliphatic rings. The van der Waals surface area contributed by atoms with Crippen molar-refractivity contribution in [1.29, 1.82) is 0 Å². The topological polar surface area (TPSA) is 67.2 Å². The second-order valence-electron chi connectivity index (χ2n) is 4.76. The summed E-state index contributed by atoms with van der Waals surface area (Å²) in [5.41, 5.74) is 1.97. The van der Waals surface area contributed by atoms with Gasteiger partial charge in [0, 0.05) is 5.02 Å². The second kappa shape index (κ2) is 4.83. The molecule has 6 heteroatoms.